The summed E-state index contributed by atoms with van der Waals surface area (Å²) in [5.41, 5.74) is -0.536. The monoisotopic (exact) mass is 301 g/mol. The lowest BCUT2D eigenvalue weighted by atomic mass is 10.2. The summed E-state index contributed by atoms with van der Waals surface area (Å²) in [6, 6.07) is 1.55. The number of nitrogens with one attached hydrogen (secondary N) is 1. The summed E-state index contributed by atoms with van der Waals surface area (Å²) in [4.78, 5) is 22.9. The average Bonchev–Trinajstić information content (AvgIpc) is 2.45. The molecule has 1 rings (SSSR count). The highest BCUT2D eigenvalue weighted by molar-refractivity contribution is 5.96. The third-order valence-corrected chi connectivity index (χ3v) is 2.44. The van der Waals surface area contributed by atoms with Gasteiger partial charge in [-0.05, 0) is 25.5 Å². The van der Waals surface area contributed by atoms with E-state index in [9.17, 15) is 22.8 Å². The third kappa shape index (κ3) is 4.62. The molecule has 0 radical (unpaired) electrons. The van der Waals surface area contributed by atoms with Crippen LogP contribution in [-0.4, -0.2) is 18.0 Å². The second-order valence-corrected chi connectivity index (χ2v) is 4.10. The fourth-order valence-corrected chi connectivity index (χ4v) is 1.34. The van der Waals surface area contributed by atoms with Crippen LogP contribution >= 0.6 is 0 Å². The number of allylic oxidation sites excluding steroid dienone is 1. The smallest absolute Gasteiger partial charge is 0.331 e. The van der Waals surface area contributed by atoms with Crippen LogP contribution < -0.4 is 5.32 Å². The predicted molar refractivity (Wildman–Crippen MR) is 69.9 cm³/mol. The summed E-state index contributed by atoms with van der Waals surface area (Å²) in [6.07, 6.45) is 2.10. The largest absolute Gasteiger partial charge is 0.449 e. The van der Waals surface area contributed by atoms with Crippen molar-refractivity contribution in [2.24, 2.45) is 0 Å². The molecule has 0 spiro atoms. The Kier molecular flexibility index (Phi) is 5.95. The molecule has 0 aliphatic carbocycles. The summed E-state index contributed by atoms with van der Waals surface area (Å²) < 4.78 is 43.9. The lowest BCUT2D eigenvalue weighted by Gasteiger charge is -2.13. The zero-order chi connectivity index (χ0) is 16.0. The van der Waals surface area contributed by atoms with Gasteiger partial charge in [-0.1, -0.05) is 13.0 Å². The molecule has 1 aromatic carbocycles. The third-order valence-electron chi connectivity index (χ3n) is 2.44. The molecule has 0 aliphatic rings. The van der Waals surface area contributed by atoms with Crippen molar-refractivity contribution in [3.05, 3.63) is 41.7 Å². The van der Waals surface area contributed by atoms with Crippen LogP contribution in [0, 0.1) is 17.5 Å². The quantitative estimate of drug-likeness (QED) is 0.517. The number of anilines is 1. The van der Waals surface area contributed by atoms with Gasteiger partial charge in [-0.25, -0.2) is 18.0 Å². The van der Waals surface area contributed by atoms with Crippen molar-refractivity contribution in [2.75, 3.05) is 5.32 Å². The highest BCUT2D eigenvalue weighted by Gasteiger charge is 2.20. The van der Waals surface area contributed by atoms with Crippen LogP contribution in [0.15, 0.2) is 24.3 Å². The number of carbonyl (C=O) groups is 2. The van der Waals surface area contributed by atoms with Crippen molar-refractivity contribution in [3.63, 3.8) is 0 Å². The Morgan fingerprint density at radius 1 is 1.29 bits per heavy atom. The van der Waals surface area contributed by atoms with Gasteiger partial charge in [0.15, 0.2) is 23.6 Å². The van der Waals surface area contributed by atoms with Gasteiger partial charge in [0.25, 0.3) is 5.91 Å². The molecule has 4 nitrogen and oxygen atoms in total. The first-order valence-corrected chi connectivity index (χ1v) is 6.18. The Bertz CT molecular complexity index is 573. The van der Waals surface area contributed by atoms with Gasteiger partial charge >= 0.3 is 5.97 Å². The summed E-state index contributed by atoms with van der Waals surface area (Å²) >= 11 is 0. The molecule has 114 valence electrons. The fraction of sp³-hybridized carbons (Fsp3) is 0.286. The standard InChI is InChI=1S/C14H14F3NO3/c1-3-4-5-11(19)21-8(2)14(20)18-10-7-6-9(15)12(16)13(10)17/h4-8H,3H2,1-2H3,(H,18,20)/b5-4+/t8-/m1/s1. The minimum atomic E-state index is -1.69. The SMILES string of the molecule is CC/C=C/C(=O)O[C@H](C)C(=O)Nc1ccc(F)c(F)c1F. The average molecular weight is 301 g/mol. The number of ether oxygens (including phenoxy) is 1. The van der Waals surface area contributed by atoms with E-state index in [-0.39, 0.29) is 0 Å². The Hall–Kier alpha value is -2.31. The number of esters is 1. The lowest BCUT2D eigenvalue weighted by molar-refractivity contribution is -0.148. The van der Waals surface area contributed by atoms with E-state index in [1.54, 1.807) is 6.08 Å². The molecule has 0 fully saturated rings. The Balaban J connectivity index is 2.71. The van der Waals surface area contributed by atoms with Crippen LogP contribution in [0.25, 0.3) is 0 Å². The van der Waals surface area contributed by atoms with Gasteiger partial charge < -0.3 is 10.1 Å². The van der Waals surface area contributed by atoms with Gasteiger partial charge in [0.2, 0.25) is 0 Å². The molecule has 1 atom stereocenters. The van der Waals surface area contributed by atoms with E-state index >= 15 is 0 Å². The van der Waals surface area contributed by atoms with E-state index in [1.165, 1.54) is 6.92 Å². The maximum absolute atomic E-state index is 13.4. The number of halogens is 3. The van der Waals surface area contributed by atoms with E-state index in [4.69, 9.17) is 4.74 Å². The van der Waals surface area contributed by atoms with Crippen molar-refractivity contribution >= 4 is 17.6 Å². The minimum absolute atomic E-state index is 0.536. The van der Waals surface area contributed by atoms with Crippen LogP contribution in [0.5, 0.6) is 0 Å². The van der Waals surface area contributed by atoms with Crippen molar-refractivity contribution < 1.29 is 27.5 Å². The van der Waals surface area contributed by atoms with Gasteiger partial charge in [0.1, 0.15) is 0 Å². The molecule has 21 heavy (non-hydrogen) atoms. The topological polar surface area (TPSA) is 55.4 Å². The van der Waals surface area contributed by atoms with Crippen molar-refractivity contribution in [1.82, 2.24) is 0 Å². The second kappa shape index (κ2) is 7.47. The van der Waals surface area contributed by atoms with Crippen molar-refractivity contribution in [2.45, 2.75) is 26.4 Å². The van der Waals surface area contributed by atoms with Crippen LogP contribution in [0.4, 0.5) is 18.9 Å². The number of hydrogen-bond acceptors (Lipinski definition) is 3. The summed E-state index contributed by atoms with van der Waals surface area (Å²) in [5.74, 6) is -6.17. The van der Waals surface area contributed by atoms with Gasteiger partial charge in [0, 0.05) is 6.08 Å². The number of benzene rings is 1. The summed E-state index contributed by atoms with van der Waals surface area (Å²) in [6.45, 7) is 3.08. The van der Waals surface area contributed by atoms with Gasteiger partial charge in [-0.2, -0.15) is 0 Å². The molecule has 0 aromatic heterocycles. The number of hydrogen-bond donors (Lipinski definition) is 1. The predicted octanol–water partition coefficient (Wildman–Crippen LogP) is 2.94. The molecule has 1 amide bonds. The molecule has 0 heterocycles. The highest BCUT2D eigenvalue weighted by Crippen LogP contribution is 2.19. The summed E-state index contributed by atoms with van der Waals surface area (Å²) in [7, 11) is 0. The Labute approximate surface area is 119 Å². The normalized spacial score (nSPS) is 12.2. The van der Waals surface area contributed by atoms with E-state index in [0.29, 0.717) is 12.5 Å². The van der Waals surface area contributed by atoms with Crippen LogP contribution in [0.2, 0.25) is 0 Å². The molecular formula is C14H14F3NO3. The van der Waals surface area contributed by atoms with Crippen LogP contribution in [0.3, 0.4) is 0 Å². The maximum Gasteiger partial charge on any atom is 0.331 e. The fourth-order valence-electron chi connectivity index (χ4n) is 1.34. The molecule has 0 saturated carbocycles. The van der Waals surface area contributed by atoms with E-state index in [0.717, 1.165) is 12.1 Å². The molecule has 0 aliphatic heterocycles. The Morgan fingerprint density at radius 2 is 1.95 bits per heavy atom. The van der Waals surface area contributed by atoms with Crippen LogP contribution in [0.1, 0.15) is 20.3 Å². The molecule has 0 saturated heterocycles. The van der Waals surface area contributed by atoms with E-state index in [1.807, 2.05) is 12.2 Å². The minimum Gasteiger partial charge on any atom is -0.449 e. The first kappa shape index (κ1) is 16.7. The van der Waals surface area contributed by atoms with Crippen molar-refractivity contribution in [3.8, 4) is 0 Å². The molecule has 0 unspecified atom stereocenters. The second-order valence-electron chi connectivity index (χ2n) is 4.10. The number of amides is 1. The van der Waals surface area contributed by atoms with Gasteiger partial charge in [-0.3, -0.25) is 4.79 Å². The number of carbonyl (C=O) groups excluding carboxylic acids is 2. The Morgan fingerprint density at radius 3 is 2.57 bits per heavy atom. The molecule has 0 bridgehead atoms. The lowest BCUT2D eigenvalue weighted by Crippen LogP contribution is -2.30. The van der Waals surface area contributed by atoms with E-state index < -0.39 is 41.1 Å². The first-order chi connectivity index (χ1) is 9.86. The first-order valence-electron chi connectivity index (χ1n) is 6.18. The zero-order valence-electron chi connectivity index (χ0n) is 11.5. The molecule has 7 heteroatoms. The highest BCUT2D eigenvalue weighted by atomic mass is 19.2. The van der Waals surface area contributed by atoms with Gasteiger partial charge in [-0.15, -0.1) is 0 Å². The van der Waals surface area contributed by atoms with Crippen LogP contribution in [-0.2, 0) is 14.3 Å². The molecule has 1 N–H and O–H groups in total. The zero-order valence-corrected chi connectivity index (χ0v) is 11.5. The number of rotatable bonds is 5. The molecule has 1 aromatic rings. The maximum atomic E-state index is 13.4. The van der Waals surface area contributed by atoms with Gasteiger partial charge in [0.05, 0.1) is 5.69 Å². The van der Waals surface area contributed by atoms with Crippen molar-refractivity contribution in [1.29, 1.82) is 0 Å². The van der Waals surface area contributed by atoms with E-state index in [2.05, 4.69) is 0 Å². The summed E-state index contributed by atoms with van der Waals surface area (Å²) in [5, 5.41) is 2.02. The molecular weight excluding hydrogens is 287 g/mol.